The number of nitrogens with zero attached hydrogens (tertiary/aromatic N) is 3. The number of hydrogen-bond donors (Lipinski definition) is 1. The number of ether oxygens (including phenoxy) is 1. The van der Waals surface area contributed by atoms with Gasteiger partial charge in [-0.05, 0) is 31.9 Å². The first kappa shape index (κ1) is 21.0. The van der Waals surface area contributed by atoms with E-state index < -0.39 is 0 Å². The van der Waals surface area contributed by atoms with E-state index in [0.717, 1.165) is 61.8 Å². The van der Waals surface area contributed by atoms with Crippen molar-refractivity contribution in [2.75, 3.05) is 33.3 Å². The lowest BCUT2D eigenvalue weighted by Crippen LogP contribution is -2.53. The molecular formula is C22H28N4O3S. The van der Waals surface area contributed by atoms with Crippen LogP contribution >= 0.6 is 11.3 Å². The molecule has 1 saturated carbocycles. The van der Waals surface area contributed by atoms with Gasteiger partial charge in [0.1, 0.15) is 5.01 Å². The van der Waals surface area contributed by atoms with Gasteiger partial charge in [0.25, 0.3) is 0 Å². The molecule has 1 aliphatic carbocycles. The highest BCUT2D eigenvalue weighted by Crippen LogP contribution is 2.25. The van der Waals surface area contributed by atoms with Gasteiger partial charge in [-0.15, -0.1) is 11.3 Å². The van der Waals surface area contributed by atoms with Gasteiger partial charge in [0.05, 0.1) is 24.4 Å². The van der Waals surface area contributed by atoms with E-state index in [1.165, 1.54) is 7.11 Å². The van der Waals surface area contributed by atoms with E-state index in [2.05, 4.69) is 20.5 Å². The summed E-state index contributed by atoms with van der Waals surface area (Å²) in [4.78, 5) is 33.3. The molecule has 1 N–H and O–H groups in total. The van der Waals surface area contributed by atoms with Crippen molar-refractivity contribution in [2.45, 2.75) is 38.4 Å². The summed E-state index contributed by atoms with van der Waals surface area (Å²) in [6, 6.07) is 7.69. The van der Waals surface area contributed by atoms with Gasteiger partial charge in [-0.3, -0.25) is 14.6 Å². The molecule has 0 radical (unpaired) electrons. The maximum Gasteiger partial charge on any atom is 0.337 e. The van der Waals surface area contributed by atoms with Crippen LogP contribution in [0.25, 0.3) is 10.6 Å². The van der Waals surface area contributed by atoms with E-state index in [4.69, 9.17) is 9.72 Å². The SMILES string of the molecule is COC(=O)c1ccc(-c2nc(CN3CCN(C(C)C(=O)NC4CC4)CC3)cs2)cc1. The first-order valence-corrected chi connectivity index (χ1v) is 11.3. The van der Waals surface area contributed by atoms with Crippen LogP contribution in [0.4, 0.5) is 0 Å². The number of carbonyl (C=O) groups excluding carboxylic acids is 2. The molecule has 0 bridgehead atoms. The Hall–Kier alpha value is -2.29. The van der Waals surface area contributed by atoms with Crippen molar-refractivity contribution in [1.82, 2.24) is 20.1 Å². The molecule has 1 saturated heterocycles. The molecule has 4 rings (SSSR count). The molecule has 2 heterocycles. The number of rotatable bonds is 7. The lowest BCUT2D eigenvalue weighted by atomic mass is 10.1. The number of methoxy groups -OCH3 is 1. The summed E-state index contributed by atoms with van der Waals surface area (Å²) in [5, 5.41) is 6.15. The first-order valence-electron chi connectivity index (χ1n) is 10.4. The standard InChI is InChI=1S/C22H28N4O3S/c1-15(20(27)23-18-7-8-18)26-11-9-25(10-12-26)13-19-14-30-21(24-19)16-3-5-17(6-4-16)22(28)29-2/h3-6,14-15,18H,7-13H2,1-2H3,(H,23,27). The summed E-state index contributed by atoms with van der Waals surface area (Å²) in [5.74, 6) is -0.173. The van der Waals surface area contributed by atoms with Gasteiger partial charge in [0, 0.05) is 49.7 Å². The van der Waals surface area contributed by atoms with E-state index in [9.17, 15) is 9.59 Å². The van der Waals surface area contributed by atoms with Gasteiger partial charge in [-0.25, -0.2) is 9.78 Å². The molecule has 2 aromatic rings. The Morgan fingerprint density at radius 1 is 1.20 bits per heavy atom. The lowest BCUT2D eigenvalue weighted by Gasteiger charge is -2.37. The van der Waals surface area contributed by atoms with Crippen LogP contribution in [-0.2, 0) is 16.1 Å². The minimum atomic E-state index is -0.333. The predicted molar refractivity (Wildman–Crippen MR) is 116 cm³/mol. The fourth-order valence-electron chi connectivity index (χ4n) is 3.63. The number of carbonyl (C=O) groups is 2. The molecule has 2 fully saturated rings. The van der Waals surface area contributed by atoms with Crippen LogP contribution in [0.3, 0.4) is 0 Å². The summed E-state index contributed by atoms with van der Waals surface area (Å²) >= 11 is 1.61. The second-order valence-electron chi connectivity index (χ2n) is 7.98. The Balaban J connectivity index is 1.28. The van der Waals surface area contributed by atoms with Crippen LogP contribution in [0.2, 0.25) is 0 Å². The maximum atomic E-state index is 12.3. The fourth-order valence-corrected chi connectivity index (χ4v) is 4.45. The first-order chi connectivity index (χ1) is 14.5. The maximum absolute atomic E-state index is 12.3. The summed E-state index contributed by atoms with van der Waals surface area (Å²) in [7, 11) is 1.38. The number of nitrogens with one attached hydrogen (secondary N) is 1. The van der Waals surface area contributed by atoms with Gasteiger partial charge in [0.15, 0.2) is 0 Å². The molecule has 30 heavy (non-hydrogen) atoms. The lowest BCUT2D eigenvalue weighted by molar-refractivity contribution is -0.126. The topological polar surface area (TPSA) is 74.8 Å². The summed E-state index contributed by atoms with van der Waals surface area (Å²) in [5.41, 5.74) is 2.59. The van der Waals surface area contributed by atoms with Gasteiger partial charge in [-0.1, -0.05) is 12.1 Å². The van der Waals surface area contributed by atoms with E-state index in [1.54, 1.807) is 23.5 Å². The van der Waals surface area contributed by atoms with Crippen molar-refractivity contribution in [3.63, 3.8) is 0 Å². The summed E-state index contributed by atoms with van der Waals surface area (Å²) in [6.45, 7) is 6.47. The normalized spacial score (nSPS) is 18.7. The van der Waals surface area contributed by atoms with Crippen LogP contribution in [-0.4, -0.2) is 72.0 Å². The van der Waals surface area contributed by atoms with Crippen molar-refractivity contribution in [3.8, 4) is 10.6 Å². The minimum absolute atomic E-state index is 0.0633. The molecule has 1 atom stereocenters. The van der Waals surface area contributed by atoms with Crippen LogP contribution < -0.4 is 5.32 Å². The second kappa shape index (κ2) is 9.24. The molecule has 1 aliphatic heterocycles. The Morgan fingerprint density at radius 3 is 2.53 bits per heavy atom. The molecule has 7 nitrogen and oxygen atoms in total. The highest BCUT2D eigenvalue weighted by Gasteiger charge is 2.30. The van der Waals surface area contributed by atoms with Crippen molar-refractivity contribution in [1.29, 1.82) is 0 Å². The van der Waals surface area contributed by atoms with Crippen molar-refractivity contribution in [2.24, 2.45) is 0 Å². The minimum Gasteiger partial charge on any atom is -0.465 e. The molecule has 1 amide bonds. The van der Waals surface area contributed by atoms with E-state index >= 15 is 0 Å². The number of esters is 1. The highest BCUT2D eigenvalue weighted by atomic mass is 32.1. The summed E-state index contributed by atoms with van der Waals surface area (Å²) < 4.78 is 4.74. The predicted octanol–water partition coefficient (Wildman–Crippen LogP) is 2.38. The van der Waals surface area contributed by atoms with Gasteiger partial charge in [0.2, 0.25) is 5.91 Å². The third-order valence-electron chi connectivity index (χ3n) is 5.75. The zero-order valence-corrected chi connectivity index (χ0v) is 18.3. The van der Waals surface area contributed by atoms with Crippen LogP contribution in [0.1, 0.15) is 35.8 Å². The molecule has 0 spiro atoms. The Morgan fingerprint density at radius 2 is 1.90 bits per heavy atom. The quantitative estimate of drug-likeness (QED) is 0.683. The Kier molecular flexibility index (Phi) is 6.46. The van der Waals surface area contributed by atoms with E-state index in [1.807, 2.05) is 19.1 Å². The largest absolute Gasteiger partial charge is 0.465 e. The molecule has 2 aliphatic rings. The number of benzene rings is 1. The van der Waals surface area contributed by atoms with Crippen molar-refractivity contribution >= 4 is 23.2 Å². The van der Waals surface area contributed by atoms with Gasteiger partial charge < -0.3 is 10.1 Å². The smallest absolute Gasteiger partial charge is 0.337 e. The highest BCUT2D eigenvalue weighted by molar-refractivity contribution is 7.13. The molecule has 1 aromatic carbocycles. The van der Waals surface area contributed by atoms with Crippen LogP contribution in [0.5, 0.6) is 0 Å². The molecule has 8 heteroatoms. The van der Waals surface area contributed by atoms with E-state index in [-0.39, 0.29) is 17.9 Å². The molecule has 1 unspecified atom stereocenters. The van der Waals surface area contributed by atoms with Crippen LogP contribution in [0.15, 0.2) is 29.6 Å². The number of hydrogen-bond acceptors (Lipinski definition) is 7. The number of piperazine rings is 1. The zero-order valence-electron chi connectivity index (χ0n) is 17.5. The average molecular weight is 429 g/mol. The van der Waals surface area contributed by atoms with Gasteiger partial charge >= 0.3 is 5.97 Å². The van der Waals surface area contributed by atoms with E-state index in [0.29, 0.717) is 11.6 Å². The third-order valence-corrected chi connectivity index (χ3v) is 6.69. The van der Waals surface area contributed by atoms with Gasteiger partial charge in [-0.2, -0.15) is 0 Å². The monoisotopic (exact) mass is 428 g/mol. The third kappa shape index (κ3) is 5.06. The Labute approximate surface area is 181 Å². The fraction of sp³-hybridized carbons (Fsp3) is 0.500. The Bertz CT molecular complexity index is 886. The van der Waals surface area contributed by atoms with Crippen molar-refractivity contribution < 1.29 is 14.3 Å². The average Bonchev–Trinajstić information content (AvgIpc) is 3.47. The summed E-state index contributed by atoms with van der Waals surface area (Å²) in [6.07, 6.45) is 2.24. The van der Waals surface area contributed by atoms with Crippen molar-refractivity contribution in [3.05, 3.63) is 40.9 Å². The number of amides is 1. The number of thiazole rings is 1. The molecule has 160 valence electrons. The zero-order chi connectivity index (χ0) is 21.1. The van der Waals surface area contributed by atoms with Crippen LogP contribution in [0, 0.1) is 0 Å². The number of aromatic nitrogens is 1. The second-order valence-corrected chi connectivity index (χ2v) is 8.84. The molecule has 1 aromatic heterocycles. The molecular weight excluding hydrogens is 400 g/mol.